The van der Waals surface area contributed by atoms with Crippen molar-refractivity contribution >= 4 is 0 Å². The molecule has 0 aliphatic carbocycles. The monoisotopic (exact) mass is 1980 g/mol. The molecule has 0 radical (unpaired) electrons. The Morgan fingerprint density at radius 3 is 0.854 bits per heavy atom. The number of nitrogens with zero attached hydrogens (tertiary/aromatic N) is 4. The Labute approximate surface area is 881 Å². The molecule has 3 saturated heterocycles. The fourth-order valence-corrected chi connectivity index (χ4v) is 18.6. The molecule has 0 saturated carbocycles. The fraction of sp³-hybridized carbons (Fsp3) is 0.588. The van der Waals surface area contributed by atoms with E-state index in [9.17, 15) is 8.78 Å². The van der Waals surface area contributed by atoms with Gasteiger partial charge in [-0.3, -0.25) is 4.90 Å². The topological polar surface area (TPSA) is 114 Å². The van der Waals surface area contributed by atoms with Crippen LogP contribution in [0.15, 0.2) is 261 Å². The molecule has 9 aromatic rings. The maximum Gasteiger partial charge on any atom is 0.123 e. The van der Waals surface area contributed by atoms with Gasteiger partial charge in [0, 0.05) is 65.1 Å². The molecule has 3 heterocycles. The predicted molar refractivity (Wildman–Crippen MR) is 621 cm³/mol. The number of nitrogens with one attached hydrogen (secondary N) is 3. The van der Waals surface area contributed by atoms with Crippen LogP contribution in [0.3, 0.4) is 0 Å². The van der Waals surface area contributed by atoms with Crippen molar-refractivity contribution in [2.24, 2.45) is 112 Å². The van der Waals surface area contributed by atoms with E-state index in [0.29, 0.717) is 71.8 Å². The van der Waals surface area contributed by atoms with Crippen LogP contribution in [0.25, 0.3) is 0 Å². The van der Waals surface area contributed by atoms with Gasteiger partial charge in [-0.05, 0) is 344 Å². The summed E-state index contributed by atoms with van der Waals surface area (Å²) in [7, 11) is 6.22. The average molecular weight is 1980 g/mol. The molecule has 9 unspecified atom stereocenters. The van der Waals surface area contributed by atoms with E-state index in [4.69, 9.17) is 20.3 Å². The van der Waals surface area contributed by atoms with Gasteiger partial charge >= 0.3 is 0 Å². The van der Waals surface area contributed by atoms with Crippen molar-refractivity contribution in [3.8, 4) is 0 Å². The Hall–Kier alpha value is -7.60. The Morgan fingerprint density at radius 1 is 0.333 bits per heavy atom. The quantitative estimate of drug-likeness (QED) is 0.0235. The molecular formula is C131H208F2N8O3. The van der Waals surface area contributed by atoms with Crippen LogP contribution in [-0.4, -0.2) is 183 Å². The molecule has 11 nitrogen and oxygen atoms in total. The highest BCUT2D eigenvalue weighted by Gasteiger charge is 2.26. The summed E-state index contributed by atoms with van der Waals surface area (Å²) < 4.78 is 36.8. The van der Waals surface area contributed by atoms with Gasteiger partial charge in [-0.1, -0.05) is 382 Å². The minimum absolute atomic E-state index is 0.139. The zero-order valence-corrected chi connectivity index (χ0v) is 95.2. The maximum absolute atomic E-state index is 12.9. The number of hydrogen-bond donors (Lipinski definition) is 5. The van der Waals surface area contributed by atoms with E-state index in [0.717, 1.165) is 158 Å². The number of hydrogen-bond acceptors (Lipinski definition) is 11. The van der Waals surface area contributed by atoms with Crippen LogP contribution in [0.5, 0.6) is 0 Å². The van der Waals surface area contributed by atoms with Crippen molar-refractivity contribution in [1.82, 2.24) is 35.6 Å². The van der Waals surface area contributed by atoms with E-state index in [1.807, 2.05) is 31.3 Å². The molecule has 13 heteroatoms. The number of halogens is 2. The van der Waals surface area contributed by atoms with Gasteiger partial charge in [0.05, 0.1) is 19.8 Å². The second kappa shape index (κ2) is 78.6. The summed E-state index contributed by atoms with van der Waals surface area (Å²) in [5.41, 5.74) is 18.3. The first-order valence-electron chi connectivity index (χ1n) is 56.3. The lowest BCUT2D eigenvalue weighted by Crippen LogP contribution is -2.40. The zero-order valence-electron chi connectivity index (χ0n) is 95.2. The summed E-state index contributed by atoms with van der Waals surface area (Å²) in [6.45, 7) is 68.4. The molecular weight excluding hydrogens is 1770 g/mol. The molecule has 12 rings (SSSR count). The van der Waals surface area contributed by atoms with Crippen LogP contribution in [0.4, 0.5) is 8.78 Å². The first-order chi connectivity index (χ1) is 69.2. The molecule has 0 bridgehead atoms. The SMILES string of the molecule is CC(C)C(CN)Cc1ccccc1.CC(C)C(CNCCO)Cc1ccccc1.CC(C)C(Cc1ccc(F)cc1)CN(C)C.CC(C)C(Cc1ccc(F)cc1)CN1CCCC1.CC(C)C(Cc1ccccc1)CN1CCCC1.CC(C)C(Cc1ccccc1)CN1CCOCC1.CC(C)NCC(Cc1ccccc1)C(C)C.CCCOCC(Cc1ccccc1)C(C)C.CNCC(Cc1ccccc1)C(C)C. The van der Waals surface area contributed by atoms with Gasteiger partial charge in [-0.25, -0.2) is 8.78 Å². The van der Waals surface area contributed by atoms with Crippen LogP contribution in [-0.2, 0) is 67.3 Å². The van der Waals surface area contributed by atoms with Crippen molar-refractivity contribution in [1.29, 1.82) is 0 Å². The lowest BCUT2D eigenvalue weighted by Gasteiger charge is -2.32. The number of aliphatic hydroxyl groups is 1. The number of morpholine rings is 1. The Balaban J connectivity index is 0.000000338. The van der Waals surface area contributed by atoms with Gasteiger partial charge in [0.1, 0.15) is 11.6 Å². The number of nitrogens with two attached hydrogens (primary N) is 1. The van der Waals surface area contributed by atoms with Crippen molar-refractivity contribution in [2.45, 2.75) is 241 Å². The second-order valence-corrected chi connectivity index (χ2v) is 45.1. The molecule has 0 spiro atoms. The number of benzene rings is 9. The minimum atomic E-state index is -0.155. The van der Waals surface area contributed by atoms with Crippen molar-refractivity contribution in [3.05, 3.63) is 323 Å². The molecule has 3 aliphatic rings. The predicted octanol–water partition coefficient (Wildman–Crippen LogP) is 28.1. The summed E-state index contributed by atoms with van der Waals surface area (Å²) >= 11 is 0. The molecule has 0 amide bonds. The molecule has 804 valence electrons. The summed E-state index contributed by atoms with van der Waals surface area (Å²) in [6.07, 6.45) is 16.8. The highest BCUT2D eigenvalue weighted by atomic mass is 19.1. The minimum Gasteiger partial charge on any atom is -0.395 e. The van der Waals surface area contributed by atoms with Crippen molar-refractivity contribution in [2.75, 3.05) is 152 Å². The maximum atomic E-state index is 12.9. The molecule has 3 aliphatic heterocycles. The first-order valence-corrected chi connectivity index (χ1v) is 56.3. The Bertz CT molecular complexity index is 4310. The summed E-state index contributed by atoms with van der Waals surface area (Å²) in [4.78, 5) is 9.99. The van der Waals surface area contributed by atoms with Gasteiger partial charge in [0.2, 0.25) is 0 Å². The van der Waals surface area contributed by atoms with Crippen LogP contribution < -0.4 is 21.7 Å². The first kappa shape index (κ1) is 129. The normalized spacial score (nSPS) is 15.2. The summed E-state index contributed by atoms with van der Waals surface area (Å²) in [6, 6.07) is 89.6. The Morgan fingerprint density at radius 2 is 0.590 bits per heavy atom. The van der Waals surface area contributed by atoms with E-state index in [-0.39, 0.29) is 18.2 Å². The molecule has 9 aromatic carbocycles. The van der Waals surface area contributed by atoms with Crippen molar-refractivity contribution < 1.29 is 23.4 Å². The van der Waals surface area contributed by atoms with Gasteiger partial charge in [0.25, 0.3) is 0 Å². The molecule has 6 N–H and O–H groups in total. The van der Waals surface area contributed by atoms with Crippen molar-refractivity contribution in [3.63, 3.8) is 0 Å². The van der Waals surface area contributed by atoms with Crippen LogP contribution >= 0.6 is 0 Å². The molecule has 144 heavy (non-hydrogen) atoms. The van der Waals surface area contributed by atoms with Gasteiger partial charge in [0.15, 0.2) is 0 Å². The summed E-state index contributed by atoms with van der Waals surface area (Å²) in [5.74, 6) is 12.2. The number of ether oxygens (including phenoxy) is 2. The zero-order chi connectivity index (χ0) is 106. The molecule has 3 fully saturated rings. The van der Waals surface area contributed by atoms with E-state index >= 15 is 0 Å². The van der Waals surface area contributed by atoms with Crippen LogP contribution in [0.1, 0.15) is 228 Å². The standard InChI is InChI=1S/C16H24FN.C16H25NO.C16H25N.C15H25N.C15H24O.C14H22FN.C14H23NO.C13H21N.C12H19N/c1-13(2)15(12-18-9-3-4-10-18)11-14-5-7-16(17)8-6-14;1-14(2)16(12-15-6-4-3-5-7-15)13-17-8-10-18-11-9-17;1-14(2)16(13-17-10-6-7-11-17)12-15-8-4-3-5-9-15;1-12(2)15(11-16-13(3)4)10-14-8-6-5-7-9-14;1-4-10-16-12-15(13(2)3)11-14-8-6-5-7-9-14;1-11(2)13(10-16(3)4)9-12-5-7-14(15)8-6-12;1-12(2)14(11-15-8-9-16)10-13-6-4-3-5-7-13;1-11(2)13(10-14-3)9-12-7-5-4-6-8-12;1-10(2)12(9-13)8-11-6-4-3-5-7-11/h5-8,13,15H,3-4,9-12H2,1-2H3;3-7,14,16H,8-13H2,1-2H3;3-5,8-9,14,16H,6-7,10-13H2,1-2H3;5-9,12-13,15-16H,10-11H2,1-4H3;5-9,13,15H,4,10-12H2,1-3H3;5-8,11,13H,9-10H2,1-4H3;3-7,12,14-16H,8-11H2,1-2H3;4-8,11,13-14H,9-10H2,1-3H3;3-7,10,12H,8-9,13H2,1-2H3. The molecule has 9 atom stereocenters. The van der Waals surface area contributed by atoms with E-state index in [2.05, 4.69) is 407 Å². The molecule has 0 aromatic heterocycles. The largest absolute Gasteiger partial charge is 0.395 e. The Kier molecular flexibility index (Phi) is 70.2. The lowest BCUT2D eigenvalue weighted by atomic mass is 9.88. The fourth-order valence-electron chi connectivity index (χ4n) is 18.6. The van der Waals surface area contributed by atoms with Crippen LogP contribution in [0.2, 0.25) is 0 Å². The smallest absolute Gasteiger partial charge is 0.123 e. The van der Waals surface area contributed by atoms with E-state index in [1.54, 1.807) is 24.3 Å². The van der Waals surface area contributed by atoms with Gasteiger partial charge in [-0.15, -0.1) is 0 Å². The number of likely N-dealkylation sites (tertiary alicyclic amines) is 2. The third-order valence-corrected chi connectivity index (χ3v) is 29.2. The van der Waals surface area contributed by atoms with Gasteiger partial charge in [-0.2, -0.15) is 0 Å². The lowest BCUT2D eigenvalue weighted by molar-refractivity contribution is 0.0271. The number of rotatable bonds is 49. The number of aliphatic hydroxyl groups excluding tert-OH is 1. The van der Waals surface area contributed by atoms with Crippen LogP contribution in [0, 0.1) is 118 Å². The third-order valence-electron chi connectivity index (χ3n) is 29.2. The highest BCUT2D eigenvalue weighted by molar-refractivity contribution is 5.23. The average Bonchev–Trinajstić information content (AvgIpc) is 1.17. The third kappa shape index (κ3) is 60.8. The highest BCUT2D eigenvalue weighted by Crippen LogP contribution is 2.28. The van der Waals surface area contributed by atoms with E-state index < -0.39 is 0 Å². The second-order valence-electron chi connectivity index (χ2n) is 45.1. The summed E-state index contributed by atoms with van der Waals surface area (Å²) in [5, 5.41) is 18.8. The van der Waals surface area contributed by atoms with E-state index in [1.165, 1.54) is 147 Å². The van der Waals surface area contributed by atoms with Gasteiger partial charge < -0.3 is 51.0 Å².